The van der Waals surface area contributed by atoms with Crippen LogP contribution in [0.15, 0.2) is 35.1 Å². The van der Waals surface area contributed by atoms with Gasteiger partial charge in [-0.15, -0.1) is 0 Å². The summed E-state index contributed by atoms with van der Waals surface area (Å²) in [5.41, 5.74) is 1.03. The molecule has 0 unspecified atom stereocenters. The number of halogens is 1. The second-order valence-corrected chi connectivity index (χ2v) is 4.66. The van der Waals surface area contributed by atoms with Crippen molar-refractivity contribution >= 4 is 15.9 Å². The second-order valence-electron chi connectivity index (χ2n) is 3.74. The first kappa shape index (κ1) is 12.3. The molecule has 90 valence electrons. The lowest BCUT2D eigenvalue weighted by Crippen LogP contribution is -2.17. The Morgan fingerprint density at radius 2 is 2.06 bits per heavy atom. The van der Waals surface area contributed by atoms with Gasteiger partial charge >= 0.3 is 0 Å². The average molecular weight is 295 g/mol. The van der Waals surface area contributed by atoms with E-state index in [1.165, 1.54) is 0 Å². The molecule has 0 atom stereocenters. The number of nitrogens with one attached hydrogen (secondary N) is 1. The summed E-state index contributed by atoms with van der Waals surface area (Å²) < 4.78 is 2.92. The minimum absolute atomic E-state index is 0.740. The summed E-state index contributed by atoms with van der Waals surface area (Å²) >= 11 is 3.42. The molecule has 2 rings (SSSR count). The van der Waals surface area contributed by atoms with Gasteiger partial charge in [0.1, 0.15) is 12.2 Å². The quantitative estimate of drug-likeness (QED) is 0.862. The summed E-state index contributed by atoms with van der Waals surface area (Å²) in [5.74, 6) is 0.931. The maximum atomic E-state index is 4.26. The Bertz CT molecular complexity index is 464. The van der Waals surface area contributed by atoms with E-state index in [2.05, 4.69) is 38.3 Å². The average Bonchev–Trinajstić information content (AvgIpc) is 2.79. The van der Waals surface area contributed by atoms with E-state index >= 15 is 0 Å². The zero-order valence-electron chi connectivity index (χ0n) is 9.73. The fraction of sp³-hybridized carbons (Fsp3) is 0.333. The Morgan fingerprint density at radius 3 is 2.76 bits per heavy atom. The highest BCUT2D eigenvalue weighted by atomic mass is 79.9. The molecule has 17 heavy (non-hydrogen) atoms. The molecular weight excluding hydrogens is 280 g/mol. The second kappa shape index (κ2) is 5.93. The lowest BCUT2D eigenvalue weighted by atomic mass is 10.3. The maximum Gasteiger partial charge on any atom is 0.146 e. The van der Waals surface area contributed by atoms with E-state index in [-0.39, 0.29) is 0 Å². The van der Waals surface area contributed by atoms with Gasteiger partial charge in [-0.2, -0.15) is 5.10 Å². The SMILES string of the molecule is CCCNCc1ncnn1-c1ccc(Br)cc1. The zero-order valence-corrected chi connectivity index (χ0v) is 11.3. The number of aromatic nitrogens is 3. The Labute approximate surface area is 109 Å². The summed E-state index contributed by atoms with van der Waals surface area (Å²) in [6, 6.07) is 8.03. The Kier molecular flexibility index (Phi) is 4.28. The molecule has 1 N–H and O–H groups in total. The number of hydrogen-bond acceptors (Lipinski definition) is 3. The van der Waals surface area contributed by atoms with Crippen molar-refractivity contribution < 1.29 is 0 Å². The molecule has 0 radical (unpaired) electrons. The molecule has 1 heterocycles. The van der Waals surface area contributed by atoms with Gasteiger partial charge in [0.15, 0.2) is 0 Å². The Morgan fingerprint density at radius 1 is 1.29 bits per heavy atom. The van der Waals surface area contributed by atoms with E-state index in [0.29, 0.717) is 0 Å². The van der Waals surface area contributed by atoms with Crippen LogP contribution < -0.4 is 5.32 Å². The first-order valence-electron chi connectivity index (χ1n) is 5.67. The normalized spacial score (nSPS) is 10.7. The molecule has 1 aromatic carbocycles. The lowest BCUT2D eigenvalue weighted by Gasteiger charge is -2.06. The predicted molar refractivity (Wildman–Crippen MR) is 71.1 cm³/mol. The van der Waals surface area contributed by atoms with Crippen molar-refractivity contribution in [2.45, 2.75) is 19.9 Å². The molecule has 0 spiro atoms. The molecule has 2 aromatic rings. The van der Waals surface area contributed by atoms with Crippen LogP contribution in [0.3, 0.4) is 0 Å². The first-order valence-corrected chi connectivity index (χ1v) is 6.46. The Balaban J connectivity index is 2.15. The van der Waals surface area contributed by atoms with E-state index < -0.39 is 0 Å². The van der Waals surface area contributed by atoms with Crippen LogP contribution in [0.1, 0.15) is 19.2 Å². The van der Waals surface area contributed by atoms with Crippen molar-refractivity contribution in [3.63, 3.8) is 0 Å². The Hall–Kier alpha value is -1.20. The first-order chi connectivity index (χ1) is 8.31. The minimum atomic E-state index is 0.740. The van der Waals surface area contributed by atoms with Crippen LogP contribution in [0.2, 0.25) is 0 Å². The van der Waals surface area contributed by atoms with E-state index in [1.807, 2.05) is 28.9 Å². The minimum Gasteiger partial charge on any atom is -0.310 e. The number of nitrogens with zero attached hydrogens (tertiary/aromatic N) is 3. The third-order valence-corrected chi connectivity index (χ3v) is 2.93. The summed E-state index contributed by atoms with van der Waals surface area (Å²) in [5, 5.41) is 7.57. The van der Waals surface area contributed by atoms with E-state index in [1.54, 1.807) is 6.33 Å². The fourth-order valence-electron chi connectivity index (χ4n) is 1.56. The molecule has 0 fully saturated rings. The highest BCUT2D eigenvalue weighted by molar-refractivity contribution is 9.10. The van der Waals surface area contributed by atoms with Crippen LogP contribution in [-0.4, -0.2) is 21.3 Å². The molecule has 0 saturated heterocycles. The van der Waals surface area contributed by atoms with Crippen LogP contribution in [0, 0.1) is 0 Å². The molecule has 0 bridgehead atoms. The van der Waals surface area contributed by atoms with Crippen LogP contribution >= 0.6 is 15.9 Å². The van der Waals surface area contributed by atoms with Crippen molar-refractivity contribution in [1.82, 2.24) is 20.1 Å². The van der Waals surface area contributed by atoms with Crippen molar-refractivity contribution in [3.05, 3.63) is 40.9 Å². The topological polar surface area (TPSA) is 42.7 Å². The molecule has 1 aromatic heterocycles. The van der Waals surface area contributed by atoms with Gasteiger partial charge in [0, 0.05) is 4.47 Å². The third kappa shape index (κ3) is 3.14. The van der Waals surface area contributed by atoms with E-state index in [0.717, 1.165) is 35.5 Å². The number of hydrogen-bond donors (Lipinski definition) is 1. The smallest absolute Gasteiger partial charge is 0.146 e. The standard InChI is InChI=1S/C12H15BrN4/c1-2-7-14-8-12-15-9-16-17(12)11-5-3-10(13)4-6-11/h3-6,9,14H,2,7-8H2,1H3. The zero-order chi connectivity index (χ0) is 12.1. The monoisotopic (exact) mass is 294 g/mol. The maximum absolute atomic E-state index is 4.26. The largest absolute Gasteiger partial charge is 0.310 e. The number of benzene rings is 1. The highest BCUT2D eigenvalue weighted by Crippen LogP contribution is 2.14. The van der Waals surface area contributed by atoms with Gasteiger partial charge in [-0.25, -0.2) is 9.67 Å². The van der Waals surface area contributed by atoms with Gasteiger partial charge in [0.05, 0.1) is 12.2 Å². The summed E-state index contributed by atoms with van der Waals surface area (Å²) in [6.07, 6.45) is 2.71. The third-order valence-electron chi connectivity index (χ3n) is 2.40. The fourth-order valence-corrected chi connectivity index (χ4v) is 1.83. The molecule has 0 aliphatic carbocycles. The van der Waals surface area contributed by atoms with E-state index in [4.69, 9.17) is 0 Å². The van der Waals surface area contributed by atoms with Crippen molar-refractivity contribution in [2.24, 2.45) is 0 Å². The molecule has 0 aliphatic rings. The summed E-state index contributed by atoms with van der Waals surface area (Å²) in [7, 11) is 0. The van der Waals surface area contributed by atoms with Crippen LogP contribution in [0.4, 0.5) is 0 Å². The number of rotatable bonds is 5. The molecular formula is C12H15BrN4. The van der Waals surface area contributed by atoms with Crippen molar-refractivity contribution in [2.75, 3.05) is 6.54 Å². The molecule has 0 saturated carbocycles. The van der Waals surface area contributed by atoms with Gasteiger partial charge < -0.3 is 5.32 Å². The highest BCUT2D eigenvalue weighted by Gasteiger charge is 2.05. The van der Waals surface area contributed by atoms with Crippen molar-refractivity contribution in [1.29, 1.82) is 0 Å². The van der Waals surface area contributed by atoms with Gasteiger partial charge in [-0.05, 0) is 37.2 Å². The van der Waals surface area contributed by atoms with Crippen LogP contribution in [-0.2, 0) is 6.54 Å². The molecule has 5 heteroatoms. The van der Waals surface area contributed by atoms with Gasteiger partial charge in [0.2, 0.25) is 0 Å². The molecule has 0 aliphatic heterocycles. The molecule has 4 nitrogen and oxygen atoms in total. The predicted octanol–water partition coefficient (Wildman–Crippen LogP) is 2.53. The lowest BCUT2D eigenvalue weighted by molar-refractivity contribution is 0.633. The van der Waals surface area contributed by atoms with E-state index in [9.17, 15) is 0 Å². The summed E-state index contributed by atoms with van der Waals surface area (Å²) in [6.45, 7) is 3.88. The van der Waals surface area contributed by atoms with Gasteiger partial charge in [0.25, 0.3) is 0 Å². The van der Waals surface area contributed by atoms with Gasteiger partial charge in [-0.3, -0.25) is 0 Å². The molecule has 0 amide bonds. The summed E-state index contributed by atoms with van der Waals surface area (Å²) in [4.78, 5) is 4.26. The van der Waals surface area contributed by atoms with Crippen LogP contribution in [0.5, 0.6) is 0 Å². The van der Waals surface area contributed by atoms with Crippen molar-refractivity contribution in [3.8, 4) is 5.69 Å². The van der Waals surface area contributed by atoms with Gasteiger partial charge in [-0.1, -0.05) is 22.9 Å². The van der Waals surface area contributed by atoms with Crippen LogP contribution in [0.25, 0.3) is 5.69 Å².